The van der Waals surface area contributed by atoms with Gasteiger partial charge in [-0.2, -0.15) is 0 Å². The van der Waals surface area contributed by atoms with E-state index in [0.29, 0.717) is 16.7 Å². The van der Waals surface area contributed by atoms with Crippen LogP contribution in [0.15, 0.2) is 65.3 Å². The van der Waals surface area contributed by atoms with E-state index in [1.165, 1.54) is 37.4 Å². The Bertz CT molecular complexity index is 1650. The molecule has 4 aliphatic rings. The fraction of sp³-hybridized carbons (Fsp3) is 0.375. The van der Waals surface area contributed by atoms with Crippen molar-refractivity contribution >= 4 is 34.8 Å². The number of hydrogen-bond donors (Lipinski definition) is 1. The quantitative estimate of drug-likeness (QED) is 0.242. The summed E-state index contributed by atoms with van der Waals surface area (Å²) in [5.74, 6) is -4.17. The van der Waals surface area contributed by atoms with Gasteiger partial charge in [0.25, 0.3) is 5.69 Å². The number of nitrogens with zero attached hydrogens (tertiary/aromatic N) is 2. The summed E-state index contributed by atoms with van der Waals surface area (Å²) >= 11 is 0. The zero-order valence-electron chi connectivity index (χ0n) is 23.6. The first-order valence-corrected chi connectivity index (χ1v) is 13.9. The average Bonchev–Trinajstić information content (AvgIpc) is 3.24. The molecule has 10 heteroatoms. The number of nitro benzene ring substituents is 1. The first-order chi connectivity index (χ1) is 19.9. The molecule has 2 fully saturated rings. The van der Waals surface area contributed by atoms with Crippen LogP contribution in [0.3, 0.4) is 0 Å². The van der Waals surface area contributed by atoms with E-state index in [4.69, 9.17) is 4.74 Å². The number of nitro groups is 1. The van der Waals surface area contributed by atoms with Gasteiger partial charge in [0.15, 0.2) is 23.1 Å². The largest absolute Gasteiger partial charge is 0.504 e. The second kappa shape index (κ2) is 9.47. The smallest absolute Gasteiger partial charge is 0.269 e. The summed E-state index contributed by atoms with van der Waals surface area (Å²) in [7, 11) is 1.43. The Balaban J connectivity index is 1.49. The molecule has 0 unspecified atom stereocenters. The number of allylic oxidation sites excluding steroid dienone is 4. The number of benzene rings is 2. The lowest BCUT2D eigenvalue weighted by atomic mass is 9.46. The number of phenolic OH excluding ortho intramolecular Hbond substituents is 1. The predicted octanol–water partition coefficient (Wildman–Crippen LogP) is 4.66. The van der Waals surface area contributed by atoms with Crippen LogP contribution < -0.4 is 9.64 Å². The average molecular weight is 571 g/mol. The van der Waals surface area contributed by atoms with Gasteiger partial charge in [0.2, 0.25) is 11.8 Å². The SMILES string of the molecule is COc1cc([C@H]2C3=CC[C@@H]4C(=O)N(c5ccc([N+](=O)[O-])cc5)C(=O)[C@@H]4[C@@H]3C[C@H]3C(=O)C(C)=C(C)C(=O)[C@@]23C)ccc1O. The Labute approximate surface area is 241 Å². The van der Waals surface area contributed by atoms with Crippen LogP contribution in [0, 0.1) is 39.2 Å². The molecule has 0 bridgehead atoms. The minimum atomic E-state index is -1.15. The number of methoxy groups -OCH3 is 1. The summed E-state index contributed by atoms with van der Waals surface area (Å²) in [4.78, 5) is 67.3. The third-order valence-electron chi connectivity index (χ3n) is 10.0. The number of carbonyl (C=O) groups is 4. The first-order valence-electron chi connectivity index (χ1n) is 13.9. The number of anilines is 1. The number of hydrogen-bond acceptors (Lipinski definition) is 8. The Morgan fingerprint density at radius 1 is 1.00 bits per heavy atom. The van der Waals surface area contributed by atoms with E-state index in [1.54, 1.807) is 26.0 Å². The maximum absolute atomic E-state index is 14.1. The molecule has 6 atom stereocenters. The van der Waals surface area contributed by atoms with Crippen molar-refractivity contribution in [2.75, 3.05) is 12.0 Å². The third-order valence-corrected chi connectivity index (χ3v) is 10.0. The van der Waals surface area contributed by atoms with Gasteiger partial charge in [0.1, 0.15) is 0 Å². The Morgan fingerprint density at radius 2 is 1.69 bits per heavy atom. The monoisotopic (exact) mass is 570 g/mol. The van der Waals surface area contributed by atoms with Crippen LogP contribution in [0.1, 0.15) is 45.1 Å². The number of imide groups is 1. The molecule has 6 rings (SSSR count). The Morgan fingerprint density at radius 3 is 2.33 bits per heavy atom. The molecule has 1 N–H and O–H groups in total. The number of carbonyl (C=O) groups excluding carboxylic acids is 4. The molecule has 1 heterocycles. The number of fused-ring (bicyclic) bond motifs is 4. The fourth-order valence-corrected chi connectivity index (χ4v) is 7.81. The molecule has 0 spiro atoms. The van der Waals surface area contributed by atoms with Gasteiger partial charge in [-0.1, -0.05) is 24.6 Å². The number of phenols is 1. The van der Waals surface area contributed by atoms with E-state index in [2.05, 4.69) is 0 Å². The lowest BCUT2D eigenvalue weighted by Gasteiger charge is -2.54. The van der Waals surface area contributed by atoms with Gasteiger partial charge in [0.05, 0.1) is 35.0 Å². The first kappa shape index (κ1) is 27.6. The van der Waals surface area contributed by atoms with Crippen LogP contribution in [0.4, 0.5) is 11.4 Å². The summed E-state index contributed by atoms with van der Waals surface area (Å²) in [6.45, 7) is 5.14. The number of ether oxygens (including phenoxy) is 1. The number of rotatable bonds is 4. The zero-order chi connectivity index (χ0) is 30.2. The van der Waals surface area contributed by atoms with E-state index in [0.717, 1.165) is 10.5 Å². The fourth-order valence-electron chi connectivity index (χ4n) is 7.81. The molecule has 216 valence electrons. The molecule has 0 radical (unpaired) electrons. The lowest BCUT2D eigenvalue weighted by Crippen LogP contribution is -2.55. The third kappa shape index (κ3) is 3.63. The van der Waals surface area contributed by atoms with Crippen LogP contribution in [0.25, 0.3) is 0 Å². The van der Waals surface area contributed by atoms with Crippen molar-refractivity contribution in [1.29, 1.82) is 0 Å². The highest BCUT2D eigenvalue weighted by Gasteiger charge is 2.64. The van der Waals surface area contributed by atoms with Crippen molar-refractivity contribution in [3.63, 3.8) is 0 Å². The molecular formula is C32H30N2O8. The van der Waals surface area contributed by atoms with Gasteiger partial charge in [0, 0.05) is 24.0 Å². The summed E-state index contributed by atoms with van der Waals surface area (Å²) in [6.07, 6.45) is 2.45. The minimum absolute atomic E-state index is 0.0683. The second-order valence-corrected chi connectivity index (χ2v) is 11.8. The van der Waals surface area contributed by atoms with Gasteiger partial charge in [-0.05, 0) is 73.6 Å². The van der Waals surface area contributed by atoms with Crippen molar-refractivity contribution in [1.82, 2.24) is 0 Å². The van der Waals surface area contributed by atoms with Crippen LogP contribution in [0.2, 0.25) is 0 Å². The van der Waals surface area contributed by atoms with E-state index in [9.17, 15) is 34.4 Å². The molecule has 3 aliphatic carbocycles. The van der Waals surface area contributed by atoms with E-state index in [-0.39, 0.29) is 53.2 Å². The van der Waals surface area contributed by atoms with Crippen LogP contribution >= 0.6 is 0 Å². The van der Waals surface area contributed by atoms with Crippen LogP contribution in [-0.2, 0) is 19.2 Å². The van der Waals surface area contributed by atoms with Crippen molar-refractivity contribution in [3.8, 4) is 11.5 Å². The maximum Gasteiger partial charge on any atom is 0.269 e. The Kier molecular flexibility index (Phi) is 6.22. The zero-order valence-corrected chi connectivity index (χ0v) is 23.6. The van der Waals surface area contributed by atoms with Crippen molar-refractivity contribution in [3.05, 3.63) is 80.9 Å². The number of ketones is 2. The lowest BCUT2D eigenvalue weighted by molar-refractivity contribution is -0.384. The van der Waals surface area contributed by atoms with E-state index < -0.39 is 45.8 Å². The Hall–Kier alpha value is -4.60. The van der Waals surface area contributed by atoms with Gasteiger partial charge in [-0.25, -0.2) is 0 Å². The van der Waals surface area contributed by atoms with Gasteiger partial charge >= 0.3 is 0 Å². The standard InChI is InChI=1S/C32H30N2O8/c1-15-16(2)29(37)32(3)23(28(15)36)14-22-20(27(32)17-5-12-24(35)25(13-17)42-4)10-11-21-26(22)31(39)33(30(21)38)18-6-8-19(9-7-18)34(40)41/h5-10,12-13,21-23,26-27,35H,11,14H2,1-4H3/t21-,22+,23-,26-,27-,32+/m0/s1. The van der Waals surface area contributed by atoms with Crippen LogP contribution in [0.5, 0.6) is 11.5 Å². The number of non-ortho nitro benzene ring substituents is 1. The molecular weight excluding hydrogens is 540 g/mol. The second-order valence-electron chi connectivity index (χ2n) is 11.8. The predicted molar refractivity (Wildman–Crippen MR) is 151 cm³/mol. The number of aromatic hydroxyl groups is 1. The molecule has 2 aromatic rings. The topological polar surface area (TPSA) is 144 Å². The summed E-state index contributed by atoms with van der Waals surface area (Å²) in [5.41, 5.74) is 1.26. The molecule has 10 nitrogen and oxygen atoms in total. The maximum atomic E-state index is 14.1. The molecule has 42 heavy (non-hydrogen) atoms. The molecule has 2 amide bonds. The highest BCUT2D eigenvalue weighted by Crippen LogP contribution is 2.63. The summed E-state index contributed by atoms with van der Waals surface area (Å²) in [5, 5.41) is 21.5. The molecule has 1 aliphatic heterocycles. The highest BCUT2D eigenvalue weighted by atomic mass is 16.6. The normalized spacial score (nSPS) is 30.5. The van der Waals surface area contributed by atoms with Crippen molar-refractivity contribution in [2.45, 2.75) is 39.5 Å². The molecule has 2 aromatic carbocycles. The highest BCUT2D eigenvalue weighted by molar-refractivity contribution is 6.22. The van der Waals surface area contributed by atoms with Crippen molar-refractivity contribution < 1.29 is 33.9 Å². The molecule has 1 saturated heterocycles. The van der Waals surface area contributed by atoms with E-state index >= 15 is 0 Å². The summed E-state index contributed by atoms with van der Waals surface area (Å²) in [6, 6.07) is 10.2. The van der Waals surface area contributed by atoms with Crippen LogP contribution in [-0.4, -0.2) is 40.5 Å². The van der Waals surface area contributed by atoms with Crippen molar-refractivity contribution in [2.24, 2.45) is 29.1 Å². The van der Waals surface area contributed by atoms with Gasteiger partial charge in [-0.3, -0.25) is 34.2 Å². The summed E-state index contributed by atoms with van der Waals surface area (Å²) < 4.78 is 5.38. The van der Waals surface area contributed by atoms with E-state index in [1.807, 2.05) is 13.0 Å². The molecule has 1 saturated carbocycles. The minimum Gasteiger partial charge on any atom is -0.504 e. The molecule has 0 aromatic heterocycles. The number of Topliss-reactive ketones (excluding diaryl/α,β-unsaturated/α-hetero) is 2. The van der Waals surface area contributed by atoms with Gasteiger partial charge < -0.3 is 9.84 Å². The number of amides is 2. The van der Waals surface area contributed by atoms with Gasteiger partial charge in [-0.15, -0.1) is 0 Å².